The maximum atomic E-state index is 15.4. The summed E-state index contributed by atoms with van der Waals surface area (Å²) in [6, 6.07) is 11.3. The van der Waals surface area contributed by atoms with Crippen LogP contribution < -0.4 is 31.5 Å². The zero-order valence-electron chi connectivity index (χ0n) is 21.9. The van der Waals surface area contributed by atoms with E-state index in [-0.39, 0.29) is 50.1 Å². The van der Waals surface area contributed by atoms with Gasteiger partial charge >= 0.3 is 12.1 Å². The van der Waals surface area contributed by atoms with Crippen molar-refractivity contribution in [3.8, 4) is 0 Å². The second-order valence-electron chi connectivity index (χ2n) is 10.4. The highest BCUT2D eigenvalue weighted by Crippen LogP contribution is 2.48. The van der Waals surface area contributed by atoms with E-state index in [9.17, 15) is 9.59 Å². The number of hydrogen-bond acceptors (Lipinski definition) is 8. The maximum Gasteiger partial charge on any atom is 0.415 e. The van der Waals surface area contributed by atoms with Crippen molar-refractivity contribution in [3.63, 3.8) is 0 Å². The van der Waals surface area contributed by atoms with Crippen LogP contribution in [0, 0.1) is 11.6 Å². The lowest BCUT2D eigenvalue weighted by Gasteiger charge is -2.25. The minimum atomic E-state index is -0.791. The van der Waals surface area contributed by atoms with Gasteiger partial charge in [0.1, 0.15) is 11.7 Å². The van der Waals surface area contributed by atoms with E-state index in [4.69, 9.17) is 4.74 Å². The summed E-state index contributed by atoms with van der Waals surface area (Å²) in [7, 11) is 0. The van der Waals surface area contributed by atoms with Gasteiger partial charge in [-0.2, -0.15) is 0 Å². The van der Waals surface area contributed by atoms with E-state index in [1.54, 1.807) is 22.8 Å². The minimum Gasteiger partial charge on any atom is -0.438 e. The number of carbonyl (C=O) groups is 2. The molecule has 12 nitrogen and oxygen atoms in total. The third kappa shape index (κ3) is 4.60. The van der Waals surface area contributed by atoms with Gasteiger partial charge in [0.2, 0.25) is 0 Å². The number of quaternary nitrogens is 1. The monoisotopic (exact) mass is 564 g/mol. The van der Waals surface area contributed by atoms with Gasteiger partial charge in [0.25, 0.3) is 0 Å². The first-order chi connectivity index (χ1) is 19.9. The Balaban J connectivity index is 1.01. The van der Waals surface area contributed by atoms with Gasteiger partial charge in [0, 0.05) is 43.6 Å². The predicted octanol–water partition coefficient (Wildman–Crippen LogP) is 1.61. The molecule has 212 valence electrons. The number of pyridine rings is 1. The van der Waals surface area contributed by atoms with Crippen LogP contribution in [0.25, 0.3) is 10.9 Å². The van der Waals surface area contributed by atoms with Gasteiger partial charge in [0.15, 0.2) is 17.2 Å². The van der Waals surface area contributed by atoms with Gasteiger partial charge < -0.3 is 15.0 Å². The zero-order chi connectivity index (χ0) is 28.1. The molecule has 4 aliphatic rings. The summed E-state index contributed by atoms with van der Waals surface area (Å²) in [5.41, 5.74) is 8.31. The first-order valence-electron chi connectivity index (χ1n) is 13.4. The van der Waals surface area contributed by atoms with E-state index in [1.807, 2.05) is 41.5 Å². The summed E-state index contributed by atoms with van der Waals surface area (Å²) in [6.07, 6.45) is 5.21. The number of benzene rings is 2. The van der Waals surface area contributed by atoms with Crippen LogP contribution in [0.1, 0.15) is 6.42 Å². The molecule has 2 saturated heterocycles. The molecule has 2 aromatic carbocycles. The third-order valence-electron chi connectivity index (χ3n) is 7.84. The smallest absolute Gasteiger partial charge is 0.415 e. The average molecular weight is 565 g/mol. The van der Waals surface area contributed by atoms with E-state index in [0.29, 0.717) is 12.1 Å². The number of ether oxygens (including phenoxy) is 1. The fourth-order valence-corrected chi connectivity index (χ4v) is 5.68. The Hall–Kier alpha value is -4.69. The molecule has 4 heterocycles. The number of urea groups is 1. The van der Waals surface area contributed by atoms with Crippen molar-refractivity contribution in [2.45, 2.75) is 18.1 Å². The van der Waals surface area contributed by atoms with Crippen LogP contribution in [0.2, 0.25) is 0 Å². The number of nitrogens with one attached hydrogen (secondary N) is 3. The van der Waals surface area contributed by atoms with Crippen LogP contribution in [0.4, 0.5) is 35.4 Å². The molecule has 1 spiro atoms. The van der Waals surface area contributed by atoms with Crippen LogP contribution in [-0.2, 0) is 4.74 Å². The van der Waals surface area contributed by atoms with Gasteiger partial charge in [-0.1, -0.05) is 18.2 Å². The molecule has 3 aromatic rings. The highest BCUT2D eigenvalue weighted by Gasteiger charge is 2.67. The Kier molecular flexibility index (Phi) is 6.01. The summed E-state index contributed by atoms with van der Waals surface area (Å²) in [6.45, 7) is 1.11. The number of aromatic nitrogens is 1. The van der Waals surface area contributed by atoms with E-state index >= 15 is 8.78 Å². The lowest BCUT2D eigenvalue weighted by Crippen LogP contribution is -2.97. The topological polar surface area (TPSA) is 122 Å². The molecule has 0 bridgehead atoms. The Morgan fingerprint density at radius 2 is 1.98 bits per heavy atom. The van der Waals surface area contributed by atoms with Crippen LogP contribution >= 0.6 is 0 Å². The van der Waals surface area contributed by atoms with Gasteiger partial charge in [-0.3, -0.25) is 14.9 Å². The summed E-state index contributed by atoms with van der Waals surface area (Å²) in [5, 5.41) is 7.02. The Bertz CT molecular complexity index is 1550. The molecule has 1 saturated carbocycles. The van der Waals surface area contributed by atoms with Gasteiger partial charge in [-0.25, -0.2) is 34.2 Å². The number of fused-ring (bicyclic) bond motifs is 1. The SMILES string of the molecule is O=C(Nc1cnc2ccccc2c1)N1CCN(c2c(F)cc(N3CC4(CC4N4C=CN[NH2+]4)OC3=O)cc2F)CCN1. The number of halogens is 2. The van der Waals surface area contributed by atoms with Gasteiger partial charge in [-0.15, -0.1) is 5.53 Å². The molecule has 2 unspecified atom stereocenters. The number of carbonyl (C=O) groups excluding carboxylic acids is 2. The lowest BCUT2D eigenvalue weighted by molar-refractivity contribution is -0.825. The molecule has 1 aliphatic carbocycles. The summed E-state index contributed by atoms with van der Waals surface area (Å²) < 4.78 is 36.4. The van der Waals surface area contributed by atoms with Gasteiger partial charge in [0.05, 0.1) is 48.6 Å². The molecular weight excluding hydrogens is 536 g/mol. The first-order valence-corrected chi connectivity index (χ1v) is 13.4. The molecule has 5 N–H and O–H groups in total. The van der Waals surface area contributed by atoms with Crippen LogP contribution in [0.15, 0.2) is 61.1 Å². The number of rotatable bonds is 4. The largest absolute Gasteiger partial charge is 0.438 e. The van der Waals surface area contributed by atoms with Crippen molar-refractivity contribution in [3.05, 3.63) is 72.7 Å². The quantitative estimate of drug-likeness (QED) is 0.353. The first kappa shape index (κ1) is 25.3. The predicted molar refractivity (Wildman–Crippen MR) is 145 cm³/mol. The minimum absolute atomic E-state index is 0.0288. The third-order valence-corrected chi connectivity index (χ3v) is 7.84. The molecule has 0 radical (unpaired) electrons. The number of hydrazine groups is 1. The number of nitrogens with zero attached hydrogens (tertiary/aromatic N) is 5. The second kappa shape index (κ2) is 9.74. The van der Waals surface area contributed by atoms with E-state index in [1.165, 1.54) is 9.91 Å². The fourth-order valence-electron chi connectivity index (χ4n) is 5.68. The van der Waals surface area contributed by atoms with Crippen molar-refractivity contribution in [1.82, 2.24) is 25.9 Å². The molecule has 41 heavy (non-hydrogen) atoms. The summed E-state index contributed by atoms with van der Waals surface area (Å²) in [4.78, 5) is 32.8. The molecule has 3 fully saturated rings. The van der Waals surface area contributed by atoms with Crippen molar-refractivity contribution < 1.29 is 28.6 Å². The molecule has 3 amide bonds. The number of amides is 3. The fraction of sp³-hybridized carbons (Fsp3) is 0.296. The van der Waals surface area contributed by atoms with Crippen molar-refractivity contribution in [1.29, 1.82) is 0 Å². The number of para-hydroxylation sites is 1. The zero-order valence-corrected chi connectivity index (χ0v) is 21.9. The molecule has 3 aliphatic heterocycles. The normalized spacial score (nSPS) is 23.7. The number of anilines is 3. The summed E-state index contributed by atoms with van der Waals surface area (Å²) in [5.74, 6) is -1.58. The number of nitrogens with two attached hydrogens (primary N) is 1. The van der Waals surface area contributed by atoms with Crippen LogP contribution in [0.3, 0.4) is 0 Å². The Morgan fingerprint density at radius 3 is 2.78 bits per heavy atom. The molecular formula is C27H28F2N9O3+. The number of hydrogen-bond donors (Lipinski definition) is 4. The van der Waals surface area contributed by atoms with Crippen LogP contribution in [-0.4, -0.2) is 71.5 Å². The summed E-state index contributed by atoms with van der Waals surface area (Å²) >= 11 is 0. The van der Waals surface area contributed by atoms with Crippen molar-refractivity contribution in [2.75, 3.05) is 47.8 Å². The standard InChI is InChI=1S/C27H27F2N9O3/c28-20-12-19(36-16-27(41-26(36)40)14-23(27)37-8-5-31-34-37)13-21(29)24(20)35-7-6-32-38(10-9-35)25(39)33-18-11-17-3-1-2-4-22(17)30-15-18/h1-5,8,11-13,15,23,31-32,34H,6-7,9-10,14,16H2,(H,33,39)/p+1. The average Bonchev–Trinajstić information content (AvgIpc) is 3.28. The molecule has 1 aromatic heterocycles. The highest BCUT2D eigenvalue weighted by molar-refractivity contribution is 5.92. The molecule has 7 rings (SSSR count). The maximum absolute atomic E-state index is 15.4. The van der Waals surface area contributed by atoms with E-state index in [2.05, 4.69) is 21.2 Å². The Labute approximate surface area is 233 Å². The lowest BCUT2D eigenvalue weighted by atomic mass is 10.2. The Morgan fingerprint density at radius 1 is 1.15 bits per heavy atom. The molecule has 2 atom stereocenters. The van der Waals surface area contributed by atoms with E-state index < -0.39 is 29.4 Å². The molecule has 14 heteroatoms. The van der Waals surface area contributed by atoms with Crippen molar-refractivity contribution in [2.24, 2.45) is 0 Å². The highest BCUT2D eigenvalue weighted by atomic mass is 19.1. The van der Waals surface area contributed by atoms with Crippen LogP contribution in [0.5, 0.6) is 0 Å². The van der Waals surface area contributed by atoms with E-state index in [0.717, 1.165) is 23.0 Å². The van der Waals surface area contributed by atoms with Crippen molar-refractivity contribution >= 4 is 40.1 Å². The second-order valence-corrected chi connectivity index (χ2v) is 10.4. The van der Waals surface area contributed by atoms with Gasteiger partial charge in [-0.05, 0) is 12.1 Å².